The van der Waals surface area contributed by atoms with Gasteiger partial charge in [-0.05, 0) is 38.0 Å². The van der Waals surface area contributed by atoms with Crippen molar-refractivity contribution in [3.8, 4) is 5.75 Å². The average Bonchev–Trinajstić information content (AvgIpc) is 2.77. The molecular weight excluding hydrogens is 386 g/mol. The van der Waals surface area contributed by atoms with Gasteiger partial charge in [-0.2, -0.15) is 0 Å². The molecule has 1 aromatic rings. The molecule has 0 saturated carbocycles. The van der Waals surface area contributed by atoms with E-state index < -0.39 is 0 Å². The Morgan fingerprint density at radius 3 is 1.87 bits per heavy atom. The van der Waals surface area contributed by atoms with Crippen molar-refractivity contribution in [2.45, 2.75) is 123 Å². The number of hydrogen-bond acceptors (Lipinski definition) is 4. The van der Waals surface area contributed by atoms with Gasteiger partial charge in [0.25, 0.3) is 0 Å². The Bertz CT molecular complexity index is 588. The van der Waals surface area contributed by atoms with Crippen LogP contribution in [0.1, 0.15) is 127 Å². The maximum atomic E-state index is 12.2. The van der Waals surface area contributed by atoms with E-state index in [0.717, 1.165) is 19.3 Å². The van der Waals surface area contributed by atoms with E-state index in [9.17, 15) is 9.90 Å². The third kappa shape index (κ3) is 13.3. The predicted octanol–water partition coefficient (Wildman–Crippen LogP) is 8.24. The number of rotatable bonds is 19. The minimum atomic E-state index is -0.361. The first-order valence-electron chi connectivity index (χ1n) is 12.8. The Labute approximate surface area is 191 Å². The van der Waals surface area contributed by atoms with Crippen molar-refractivity contribution in [3.63, 3.8) is 0 Å². The molecule has 1 rings (SSSR count). The largest absolute Gasteiger partial charge is 0.506 e. The molecule has 31 heavy (non-hydrogen) atoms. The lowest BCUT2D eigenvalue weighted by molar-refractivity contribution is 0.0497. The number of phenols is 1. The quantitative estimate of drug-likeness (QED) is 0.131. The number of benzene rings is 1. The summed E-state index contributed by atoms with van der Waals surface area (Å²) in [4.78, 5) is 12.2. The number of nitrogens with one attached hydrogen (secondary N) is 1. The lowest BCUT2D eigenvalue weighted by atomic mass is 10.0. The van der Waals surface area contributed by atoms with Gasteiger partial charge in [-0.3, -0.25) is 0 Å². The molecule has 0 fully saturated rings. The van der Waals surface area contributed by atoms with Crippen LogP contribution in [0.25, 0.3) is 0 Å². The van der Waals surface area contributed by atoms with Gasteiger partial charge in [-0.15, -0.1) is 0 Å². The normalized spacial score (nSPS) is 12.0. The number of hydrogen-bond donors (Lipinski definition) is 2. The number of phenolic OH excluding ortho intramolecular Hbond substituents is 1. The number of carbonyl (C=O) groups excluding carboxylic acids is 1. The molecule has 0 aliphatic carbocycles. The zero-order valence-electron chi connectivity index (χ0n) is 20.4. The summed E-state index contributed by atoms with van der Waals surface area (Å²) in [5.41, 5.74) is 1.05. The summed E-state index contributed by atoms with van der Waals surface area (Å²) in [5.74, 6) is -0.272. The molecule has 4 nitrogen and oxygen atoms in total. The van der Waals surface area contributed by atoms with Crippen LogP contribution < -0.4 is 5.32 Å². The lowest BCUT2D eigenvalue weighted by Crippen LogP contribution is -2.13. The third-order valence-corrected chi connectivity index (χ3v) is 5.98. The molecule has 0 spiro atoms. The van der Waals surface area contributed by atoms with E-state index in [0.29, 0.717) is 17.9 Å². The molecular formula is C27H47NO3. The van der Waals surface area contributed by atoms with Gasteiger partial charge >= 0.3 is 5.97 Å². The monoisotopic (exact) mass is 433 g/mol. The van der Waals surface area contributed by atoms with Crippen molar-refractivity contribution < 1.29 is 14.6 Å². The van der Waals surface area contributed by atoms with Crippen LogP contribution in [0.2, 0.25) is 0 Å². The van der Waals surface area contributed by atoms with Crippen molar-refractivity contribution in [1.82, 2.24) is 0 Å². The number of anilines is 1. The molecule has 0 aromatic heterocycles. The van der Waals surface area contributed by atoms with Crippen molar-refractivity contribution in [1.29, 1.82) is 0 Å². The van der Waals surface area contributed by atoms with Crippen LogP contribution in [0.4, 0.5) is 5.69 Å². The molecule has 0 aliphatic rings. The second-order valence-electron chi connectivity index (χ2n) is 8.92. The van der Waals surface area contributed by atoms with E-state index in [-0.39, 0.29) is 17.8 Å². The number of ether oxygens (including phenoxy) is 1. The third-order valence-electron chi connectivity index (χ3n) is 5.98. The maximum absolute atomic E-state index is 12.2. The van der Waals surface area contributed by atoms with E-state index in [2.05, 4.69) is 26.1 Å². The molecule has 1 atom stereocenters. The first kappa shape index (κ1) is 27.3. The van der Waals surface area contributed by atoms with Gasteiger partial charge in [-0.25, -0.2) is 4.79 Å². The molecule has 1 unspecified atom stereocenters. The molecule has 0 radical (unpaired) electrons. The highest BCUT2D eigenvalue weighted by Gasteiger charge is 2.11. The van der Waals surface area contributed by atoms with Gasteiger partial charge < -0.3 is 15.2 Å². The summed E-state index contributed by atoms with van der Waals surface area (Å²) in [6.07, 6.45) is 19.3. The molecule has 4 heteroatoms. The smallest absolute Gasteiger partial charge is 0.338 e. The Morgan fingerprint density at radius 1 is 0.871 bits per heavy atom. The topological polar surface area (TPSA) is 58.6 Å². The van der Waals surface area contributed by atoms with Crippen molar-refractivity contribution in [2.75, 3.05) is 11.9 Å². The molecule has 2 N–H and O–H groups in total. The first-order chi connectivity index (χ1) is 15.1. The number of unbranched alkanes of at least 4 members (excludes halogenated alkanes) is 13. The van der Waals surface area contributed by atoms with Gasteiger partial charge in [-0.1, -0.05) is 97.3 Å². The standard InChI is InChI=1S/C27H47NO3/c1-4-6-7-8-9-10-11-12-13-14-15-16-17-18-21-31-27(30)24-19-20-25(26(29)22-24)28-23(3)5-2/h19-20,22-23,28-29H,4-18,21H2,1-3H3. The van der Waals surface area contributed by atoms with Crippen LogP contribution in [0.3, 0.4) is 0 Å². The van der Waals surface area contributed by atoms with Gasteiger partial charge in [0.05, 0.1) is 17.9 Å². The fourth-order valence-electron chi connectivity index (χ4n) is 3.69. The molecule has 0 saturated heterocycles. The predicted molar refractivity (Wildman–Crippen MR) is 132 cm³/mol. The van der Waals surface area contributed by atoms with Crippen molar-refractivity contribution in [3.05, 3.63) is 23.8 Å². The Balaban J connectivity index is 2.01. The highest BCUT2D eigenvalue weighted by Crippen LogP contribution is 2.25. The van der Waals surface area contributed by atoms with Crippen molar-refractivity contribution in [2.24, 2.45) is 0 Å². The van der Waals surface area contributed by atoms with Crippen LogP contribution in [0.15, 0.2) is 18.2 Å². The molecule has 0 aliphatic heterocycles. The van der Waals surface area contributed by atoms with Gasteiger partial charge in [0.15, 0.2) is 0 Å². The van der Waals surface area contributed by atoms with Crippen LogP contribution in [0, 0.1) is 0 Å². The van der Waals surface area contributed by atoms with Gasteiger partial charge in [0.1, 0.15) is 5.75 Å². The van der Waals surface area contributed by atoms with E-state index in [1.807, 2.05) is 0 Å². The molecule has 0 heterocycles. The summed E-state index contributed by atoms with van der Waals surface area (Å²) in [7, 11) is 0. The van der Waals surface area contributed by atoms with Crippen LogP contribution in [0.5, 0.6) is 5.75 Å². The second-order valence-corrected chi connectivity index (χ2v) is 8.92. The summed E-state index contributed by atoms with van der Waals surface area (Å²) in [6.45, 7) is 6.85. The highest BCUT2D eigenvalue weighted by molar-refractivity contribution is 5.90. The molecule has 178 valence electrons. The summed E-state index contributed by atoms with van der Waals surface area (Å²) >= 11 is 0. The summed E-state index contributed by atoms with van der Waals surface area (Å²) < 4.78 is 5.36. The number of aromatic hydroxyl groups is 1. The minimum Gasteiger partial charge on any atom is -0.506 e. The highest BCUT2D eigenvalue weighted by atomic mass is 16.5. The molecule has 1 aromatic carbocycles. The molecule has 0 bridgehead atoms. The number of esters is 1. The fraction of sp³-hybridized carbons (Fsp3) is 0.741. The van der Waals surface area contributed by atoms with E-state index in [1.54, 1.807) is 12.1 Å². The van der Waals surface area contributed by atoms with Gasteiger partial charge in [0.2, 0.25) is 0 Å². The van der Waals surface area contributed by atoms with E-state index in [4.69, 9.17) is 4.74 Å². The van der Waals surface area contributed by atoms with Gasteiger partial charge in [0, 0.05) is 6.04 Å². The fourth-order valence-corrected chi connectivity index (χ4v) is 3.69. The average molecular weight is 434 g/mol. The Hall–Kier alpha value is -1.71. The number of carbonyl (C=O) groups is 1. The lowest BCUT2D eigenvalue weighted by Gasteiger charge is -2.14. The van der Waals surface area contributed by atoms with E-state index >= 15 is 0 Å². The molecule has 0 amide bonds. The SMILES string of the molecule is CCCCCCCCCCCCCCCCOC(=O)c1ccc(NC(C)CC)c(O)c1. The Kier molecular flexibility index (Phi) is 15.8. The second kappa shape index (κ2) is 17.9. The zero-order valence-corrected chi connectivity index (χ0v) is 20.4. The summed E-state index contributed by atoms with van der Waals surface area (Å²) in [5, 5.41) is 13.3. The minimum absolute atomic E-state index is 0.0891. The van der Waals surface area contributed by atoms with Crippen LogP contribution >= 0.6 is 0 Å². The maximum Gasteiger partial charge on any atom is 0.338 e. The van der Waals surface area contributed by atoms with Crippen LogP contribution in [-0.4, -0.2) is 23.7 Å². The first-order valence-corrected chi connectivity index (χ1v) is 12.8. The Morgan fingerprint density at radius 2 is 1.39 bits per heavy atom. The summed E-state index contributed by atoms with van der Waals surface area (Å²) in [6, 6.07) is 5.20. The van der Waals surface area contributed by atoms with E-state index in [1.165, 1.54) is 83.1 Å². The zero-order chi connectivity index (χ0) is 22.7. The van der Waals surface area contributed by atoms with Crippen molar-refractivity contribution >= 4 is 11.7 Å². The van der Waals surface area contributed by atoms with Crippen LogP contribution in [-0.2, 0) is 4.74 Å².